The maximum Gasteiger partial charge on any atom is 0.311 e. The van der Waals surface area contributed by atoms with Gasteiger partial charge in [0.15, 0.2) is 0 Å². The van der Waals surface area contributed by atoms with Crippen molar-refractivity contribution in [1.82, 2.24) is 0 Å². The third-order valence-corrected chi connectivity index (χ3v) is 8.19. The fourth-order valence-corrected chi connectivity index (χ4v) is 5.47. The number of primary amides is 1. The number of ether oxygens (including phenoxy) is 3. The summed E-state index contributed by atoms with van der Waals surface area (Å²) in [6.07, 6.45) is -1.66. The molecule has 4 unspecified atom stereocenters. The minimum absolute atomic E-state index is 0.0295. The number of carboxylic acid groups (broad SMARTS) is 1. The highest BCUT2D eigenvalue weighted by molar-refractivity contribution is 5.82. The van der Waals surface area contributed by atoms with Crippen molar-refractivity contribution < 1.29 is 58.6 Å². The lowest BCUT2D eigenvalue weighted by Crippen LogP contribution is -2.41. The zero-order valence-corrected chi connectivity index (χ0v) is 27.9. The van der Waals surface area contributed by atoms with Gasteiger partial charge in [-0.15, -0.1) is 0 Å². The van der Waals surface area contributed by atoms with Crippen molar-refractivity contribution in [2.75, 3.05) is 13.2 Å². The van der Waals surface area contributed by atoms with Crippen LogP contribution in [0.1, 0.15) is 119 Å². The first-order valence-corrected chi connectivity index (χ1v) is 16.0. The SMILES string of the molecule is CCCCC(OC(C)=O)C(CC(O)CC(O)CC)OC(=O)CC[C@@](C)(C[C@@H](C[C@](C)(CCC)C(=O)O)C(N)=O)C(=O)OCCO. The molecule has 0 spiro atoms. The van der Waals surface area contributed by atoms with Gasteiger partial charge in [-0.3, -0.25) is 24.0 Å². The van der Waals surface area contributed by atoms with Gasteiger partial charge in [-0.2, -0.15) is 0 Å². The standard InChI is InChI=1S/C32H57NO12/c1-7-10-11-25(44-21(4)35)26(18-24(37)17-23(36)9-3)45-27(38)12-14-32(6,30(42)43-16-15-34)20-22(28(33)39)19-31(5,13-8-2)29(40)41/h22-26,34,36-37H,7-20H2,1-6H3,(H2,33,39)(H,40,41)/t22-,23?,24?,25?,26?,31+,32+/m1/s1. The minimum atomic E-state index is -1.49. The zero-order valence-electron chi connectivity index (χ0n) is 27.9. The Labute approximate surface area is 267 Å². The van der Waals surface area contributed by atoms with Crippen LogP contribution in [0.5, 0.6) is 0 Å². The highest BCUT2D eigenvalue weighted by atomic mass is 16.6. The van der Waals surface area contributed by atoms with Crippen LogP contribution < -0.4 is 5.73 Å². The summed E-state index contributed by atoms with van der Waals surface area (Å²) in [5, 5.41) is 39.7. The lowest BCUT2D eigenvalue weighted by atomic mass is 9.70. The molecule has 0 bridgehead atoms. The number of aliphatic hydroxyl groups excluding tert-OH is 3. The Morgan fingerprint density at radius 3 is 1.96 bits per heavy atom. The molecule has 0 fully saturated rings. The van der Waals surface area contributed by atoms with Crippen molar-refractivity contribution in [3.63, 3.8) is 0 Å². The van der Waals surface area contributed by atoms with E-state index in [1.54, 1.807) is 6.92 Å². The third kappa shape index (κ3) is 15.9. The van der Waals surface area contributed by atoms with E-state index in [0.717, 1.165) is 6.42 Å². The third-order valence-electron chi connectivity index (χ3n) is 8.19. The van der Waals surface area contributed by atoms with Crippen LogP contribution in [0.15, 0.2) is 0 Å². The second-order valence-corrected chi connectivity index (χ2v) is 12.5. The second-order valence-electron chi connectivity index (χ2n) is 12.5. The Morgan fingerprint density at radius 1 is 0.844 bits per heavy atom. The lowest BCUT2D eigenvalue weighted by molar-refractivity contribution is -0.171. The summed E-state index contributed by atoms with van der Waals surface area (Å²) < 4.78 is 16.4. The maximum absolute atomic E-state index is 13.2. The first-order chi connectivity index (χ1) is 21.0. The number of unbranched alkanes of at least 4 members (excludes halogenated alkanes) is 1. The van der Waals surface area contributed by atoms with E-state index in [1.165, 1.54) is 20.8 Å². The molecular weight excluding hydrogens is 590 g/mol. The number of aliphatic carboxylic acids is 1. The van der Waals surface area contributed by atoms with Crippen LogP contribution >= 0.6 is 0 Å². The van der Waals surface area contributed by atoms with Crippen LogP contribution in [0, 0.1) is 16.7 Å². The van der Waals surface area contributed by atoms with Crippen molar-refractivity contribution in [3.8, 4) is 0 Å². The zero-order chi connectivity index (χ0) is 34.8. The molecule has 0 aliphatic carbocycles. The number of nitrogens with two attached hydrogens (primary N) is 1. The van der Waals surface area contributed by atoms with Gasteiger partial charge in [-0.05, 0) is 65.2 Å². The molecule has 13 nitrogen and oxygen atoms in total. The topological polar surface area (TPSA) is 220 Å². The number of rotatable bonds is 25. The van der Waals surface area contributed by atoms with Crippen LogP contribution in [0.25, 0.3) is 0 Å². The second kappa shape index (κ2) is 21.1. The molecule has 262 valence electrons. The highest BCUT2D eigenvalue weighted by Gasteiger charge is 2.44. The predicted molar refractivity (Wildman–Crippen MR) is 164 cm³/mol. The molecule has 0 aromatic heterocycles. The largest absolute Gasteiger partial charge is 0.481 e. The van der Waals surface area contributed by atoms with Gasteiger partial charge in [0, 0.05) is 25.7 Å². The number of carbonyl (C=O) groups excluding carboxylic acids is 4. The van der Waals surface area contributed by atoms with Crippen molar-refractivity contribution in [3.05, 3.63) is 0 Å². The summed E-state index contributed by atoms with van der Waals surface area (Å²) >= 11 is 0. The van der Waals surface area contributed by atoms with E-state index in [0.29, 0.717) is 25.7 Å². The molecule has 7 atom stereocenters. The molecule has 0 saturated carbocycles. The summed E-state index contributed by atoms with van der Waals surface area (Å²) in [7, 11) is 0. The smallest absolute Gasteiger partial charge is 0.311 e. The van der Waals surface area contributed by atoms with Gasteiger partial charge in [0.05, 0.1) is 29.6 Å². The fraction of sp³-hybridized carbons (Fsp3) is 0.844. The number of hydrogen-bond acceptors (Lipinski definition) is 11. The number of amides is 1. The Bertz CT molecular complexity index is 943. The fourth-order valence-electron chi connectivity index (χ4n) is 5.47. The molecule has 0 radical (unpaired) electrons. The first kappa shape index (κ1) is 42.2. The lowest BCUT2D eigenvalue weighted by Gasteiger charge is -2.34. The molecule has 13 heteroatoms. The van der Waals surface area contributed by atoms with E-state index >= 15 is 0 Å². The Morgan fingerprint density at radius 2 is 1.47 bits per heavy atom. The Balaban J connectivity index is 6.15. The van der Waals surface area contributed by atoms with E-state index in [2.05, 4.69) is 0 Å². The van der Waals surface area contributed by atoms with Gasteiger partial charge in [-0.25, -0.2) is 0 Å². The van der Waals surface area contributed by atoms with Crippen LogP contribution in [0.3, 0.4) is 0 Å². The molecule has 0 rings (SSSR count). The summed E-state index contributed by atoms with van der Waals surface area (Å²) in [5.41, 5.74) is 2.90. The van der Waals surface area contributed by atoms with E-state index in [1.807, 2.05) is 13.8 Å². The molecule has 0 aromatic rings. The number of carbonyl (C=O) groups is 5. The number of esters is 3. The average molecular weight is 648 g/mol. The van der Waals surface area contributed by atoms with Crippen molar-refractivity contribution >= 4 is 29.8 Å². The van der Waals surface area contributed by atoms with Crippen molar-refractivity contribution in [2.45, 2.75) is 143 Å². The summed E-state index contributed by atoms with van der Waals surface area (Å²) in [6, 6.07) is 0. The van der Waals surface area contributed by atoms with Gasteiger partial charge < -0.3 is 40.4 Å². The maximum atomic E-state index is 13.2. The molecule has 45 heavy (non-hydrogen) atoms. The summed E-state index contributed by atoms with van der Waals surface area (Å²) in [4.78, 5) is 62.9. The van der Waals surface area contributed by atoms with Gasteiger partial charge in [0.1, 0.15) is 18.8 Å². The summed E-state index contributed by atoms with van der Waals surface area (Å²) in [6.45, 7) is 8.95. The predicted octanol–water partition coefficient (Wildman–Crippen LogP) is 3.03. The minimum Gasteiger partial charge on any atom is -0.481 e. The van der Waals surface area contributed by atoms with Crippen LogP contribution in [0.4, 0.5) is 0 Å². The van der Waals surface area contributed by atoms with Crippen LogP contribution in [-0.4, -0.2) is 87.8 Å². The Hall–Kier alpha value is -2.77. The van der Waals surface area contributed by atoms with Crippen molar-refractivity contribution in [2.24, 2.45) is 22.5 Å². The Kier molecular flexibility index (Phi) is 19.8. The van der Waals surface area contributed by atoms with E-state index in [4.69, 9.17) is 19.9 Å². The highest BCUT2D eigenvalue weighted by Crippen LogP contribution is 2.40. The van der Waals surface area contributed by atoms with E-state index in [9.17, 15) is 44.4 Å². The normalized spacial score (nSPS) is 17.4. The quantitative estimate of drug-likeness (QED) is 0.0713. The molecule has 0 heterocycles. The van der Waals surface area contributed by atoms with E-state index < -0.39 is 77.6 Å². The first-order valence-electron chi connectivity index (χ1n) is 16.0. The van der Waals surface area contributed by atoms with Gasteiger partial charge >= 0.3 is 23.9 Å². The van der Waals surface area contributed by atoms with Crippen LogP contribution in [-0.2, 0) is 38.2 Å². The molecule has 0 aromatic carbocycles. The van der Waals surface area contributed by atoms with Gasteiger partial charge in [0.25, 0.3) is 0 Å². The van der Waals surface area contributed by atoms with Crippen LogP contribution in [0.2, 0.25) is 0 Å². The van der Waals surface area contributed by atoms with Gasteiger partial charge in [0.2, 0.25) is 5.91 Å². The molecule has 0 saturated heterocycles. The molecular formula is C32H57NO12. The molecule has 0 aliphatic rings. The summed E-state index contributed by atoms with van der Waals surface area (Å²) in [5.74, 6) is -5.11. The van der Waals surface area contributed by atoms with E-state index in [-0.39, 0.29) is 51.6 Å². The molecule has 0 aliphatic heterocycles. The van der Waals surface area contributed by atoms with Gasteiger partial charge in [-0.1, -0.05) is 33.6 Å². The molecule has 1 amide bonds. The average Bonchev–Trinajstić information content (AvgIpc) is 2.95. The number of hydrogen-bond donors (Lipinski definition) is 5. The molecule has 6 N–H and O–H groups in total. The monoisotopic (exact) mass is 647 g/mol. The number of aliphatic hydroxyl groups is 3. The van der Waals surface area contributed by atoms with Crippen molar-refractivity contribution in [1.29, 1.82) is 0 Å². The number of carboxylic acids is 1.